The van der Waals surface area contributed by atoms with Crippen LogP contribution in [0.5, 0.6) is 5.75 Å². The number of nitrogens with zero attached hydrogens (tertiary/aromatic N) is 3. The van der Waals surface area contributed by atoms with E-state index >= 15 is 0 Å². The smallest absolute Gasteiger partial charge is 0.252 e. The van der Waals surface area contributed by atoms with Crippen molar-refractivity contribution in [3.05, 3.63) is 65.7 Å². The van der Waals surface area contributed by atoms with Gasteiger partial charge in [-0.25, -0.2) is 4.98 Å². The average molecular weight is 418 g/mol. The van der Waals surface area contributed by atoms with Gasteiger partial charge in [0.1, 0.15) is 11.5 Å². The van der Waals surface area contributed by atoms with Crippen LogP contribution in [0.4, 0.5) is 0 Å². The van der Waals surface area contributed by atoms with E-state index < -0.39 is 0 Å². The fourth-order valence-corrected chi connectivity index (χ4v) is 3.74. The second-order valence-corrected chi connectivity index (χ2v) is 7.69. The molecule has 0 saturated heterocycles. The predicted octanol–water partition coefficient (Wildman–Crippen LogP) is 4.30. The number of furan rings is 1. The van der Waals surface area contributed by atoms with Gasteiger partial charge in [0.05, 0.1) is 35.7 Å². The number of benzene rings is 1. The summed E-state index contributed by atoms with van der Waals surface area (Å²) in [7, 11) is 3.47. The van der Waals surface area contributed by atoms with Gasteiger partial charge in [0.2, 0.25) is 0 Å². The fraction of sp³-hybridized carbons (Fsp3) is 0.292. The molecule has 7 heteroatoms. The van der Waals surface area contributed by atoms with E-state index in [2.05, 4.69) is 10.4 Å². The van der Waals surface area contributed by atoms with Crippen molar-refractivity contribution < 1.29 is 13.9 Å². The Bertz CT molecular complexity index is 1210. The summed E-state index contributed by atoms with van der Waals surface area (Å²) in [6.07, 6.45) is 3.21. The Morgan fingerprint density at radius 3 is 2.84 bits per heavy atom. The lowest BCUT2D eigenvalue weighted by molar-refractivity contribution is 0.0939. The summed E-state index contributed by atoms with van der Waals surface area (Å²) >= 11 is 0. The summed E-state index contributed by atoms with van der Waals surface area (Å²) in [4.78, 5) is 18.1. The van der Waals surface area contributed by atoms with Gasteiger partial charge >= 0.3 is 0 Å². The van der Waals surface area contributed by atoms with Gasteiger partial charge in [-0.1, -0.05) is 12.1 Å². The van der Waals surface area contributed by atoms with Crippen molar-refractivity contribution in [3.8, 4) is 17.0 Å². The zero-order chi connectivity index (χ0) is 22.0. The van der Waals surface area contributed by atoms with Gasteiger partial charge in [-0.3, -0.25) is 9.48 Å². The van der Waals surface area contributed by atoms with E-state index in [1.54, 1.807) is 18.1 Å². The largest absolute Gasteiger partial charge is 0.497 e. The lowest BCUT2D eigenvalue weighted by Crippen LogP contribution is -2.33. The van der Waals surface area contributed by atoms with Crippen LogP contribution in [-0.4, -0.2) is 33.8 Å². The third-order valence-electron chi connectivity index (χ3n) is 5.36. The molecule has 1 unspecified atom stereocenters. The number of rotatable bonds is 7. The third-order valence-corrected chi connectivity index (χ3v) is 5.36. The summed E-state index contributed by atoms with van der Waals surface area (Å²) in [5.41, 5.74) is 3.59. The molecule has 0 aliphatic heterocycles. The number of hydrogen-bond donors (Lipinski definition) is 1. The molecule has 1 N–H and O–H groups in total. The van der Waals surface area contributed by atoms with Crippen LogP contribution in [0.25, 0.3) is 22.3 Å². The van der Waals surface area contributed by atoms with Crippen molar-refractivity contribution in [2.75, 3.05) is 7.11 Å². The van der Waals surface area contributed by atoms with Crippen LogP contribution in [0, 0.1) is 6.92 Å². The van der Waals surface area contributed by atoms with Crippen molar-refractivity contribution in [1.29, 1.82) is 0 Å². The molecule has 0 aliphatic carbocycles. The molecule has 0 radical (unpaired) electrons. The Balaban J connectivity index is 1.67. The Morgan fingerprint density at radius 1 is 1.26 bits per heavy atom. The van der Waals surface area contributed by atoms with E-state index in [1.807, 2.05) is 63.4 Å². The van der Waals surface area contributed by atoms with Gasteiger partial charge in [0.15, 0.2) is 5.65 Å². The Morgan fingerprint density at radius 2 is 2.10 bits per heavy atom. The first-order valence-electron chi connectivity index (χ1n) is 10.3. The summed E-state index contributed by atoms with van der Waals surface area (Å²) < 4.78 is 12.5. The normalized spacial score (nSPS) is 12.1. The second-order valence-electron chi connectivity index (χ2n) is 7.69. The molecule has 4 rings (SSSR count). The molecular formula is C24H26N4O3. The molecule has 4 aromatic rings. The quantitative estimate of drug-likeness (QED) is 0.484. The van der Waals surface area contributed by atoms with Gasteiger partial charge < -0.3 is 14.5 Å². The maximum absolute atomic E-state index is 13.3. The molecule has 1 atom stereocenters. The zero-order valence-electron chi connectivity index (χ0n) is 18.2. The van der Waals surface area contributed by atoms with Crippen LogP contribution in [0.3, 0.4) is 0 Å². The molecule has 160 valence electrons. The molecule has 3 aromatic heterocycles. The number of aryl methyl sites for hydroxylation is 3. The molecule has 7 nitrogen and oxygen atoms in total. The minimum Gasteiger partial charge on any atom is -0.497 e. The van der Waals surface area contributed by atoms with E-state index in [1.165, 1.54) is 0 Å². The number of amides is 1. The topological polar surface area (TPSA) is 82.2 Å². The summed E-state index contributed by atoms with van der Waals surface area (Å²) in [5.74, 6) is 1.51. The van der Waals surface area contributed by atoms with Crippen LogP contribution in [-0.2, 0) is 13.5 Å². The molecule has 0 bridgehead atoms. The summed E-state index contributed by atoms with van der Waals surface area (Å²) in [6.45, 7) is 3.89. The second kappa shape index (κ2) is 8.63. The van der Waals surface area contributed by atoms with E-state index in [4.69, 9.17) is 14.1 Å². The van der Waals surface area contributed by atoms with Gasteiger partial charge in [-0.05, 0) is 50.6 Å². The maximum Gasteiger partial charge on any atom is 0.252 e. The first-order chi connectivity index (χ1) is 15.0. The Labute approximate surface area is 181 Å². The van der Waals surface area contributed by atoms with Crippen molar-refractivity contribution in [1.82, 2.24) is 20.1 Å². The van der Waals surface area contributed by atoms with Gasteiger partial charge in [-0.15, -0.1) is 0 Å². The number of hydrogen-bond acceptors (Lipinski definition) is 5. The van der Waals surface area contributed by atoms with Crippen LogP contribution >= 0.6 is 0 Å². The first kappa shape index (κ1) is 20.7. The third kappa shape index (κ3) is 4.30. The number of fused-ring (bicyclic) bond motifs is 1. The van der Waals surface area contributed by atoms with Crippen LogP contribution < -0.4 is 10.1 Å². The highest BCUT2D eigenvalue weighted by Crippen LogP contribution is 2.28. The summed E-state index contributed by atoms with van der Waals surface area (Å²) in [6, 6.07) is 13.3. The summed E-state index contributed by atoms with van der Waals surface area (Å²) in [5, 5.41) is 8.37. The maximum atomic E-state index is 13.3. The number of carbonyl (C=O) groups is 1. The fourth-order valence-electron chi connectivity index (χ4n) is 3.74. The molecule has 31 heavy (non-hydrogen) atoms. The average Bonchev–Trinajstić information content (AvgIpc) is 3.39. The SMILES string of the molecule is COc1cccc(-c2cc(C(=O)NC(C)CCc3ccco3)c3c(C)nn(C)c3n2)c1. The molecule has 1 aromatic carbocycles. The van der Waals surface area contributed by atoms with Gasteiger partial charge in [0.25, 0.3) is 5.91 Å². The minimum absolute atomic E-state index is 0.0157. The van der Waals surface area contributed by atoms with Crippen LogP contribution in [0.2, 0.25) is 0 Å². The lowest BCUT2D eigenvalue weighted by Gasteiger charge is -2.15. The Hall–Kier alpha value is -3.61. The molecule has 0 fully saturated rings. The number of carbonyl (C=O) groups excluding carboxylic acids is 1. The number of ether oxygens (including phenoxy) is 1. The number of nitrogens with one attached hydrogen (secondary N) is 1. The van der Waals surface area contributed by atoms with Crippen molar-refractivity contribution in [3.63, 3.8) is 0 Å². The number of aromatic nitrogens is 3. The molecule has 0 saturated carbocycles. The van der Waals surface area contributed by atoms with Crippen LogP contribution in [0.1, 0.15) is 35.2 Å². The lowest BCUT2D eigenvalue weighted by atomic mass is 10.0. The Kier molecular flexibility index (Phi) is 5.75. The van der Waals surface area contributed by atoms with E-state index in [0.29, 0.717) is 16.9 Å². The van der Waals surface area contributed by atoms with Crippen LogP contribution in [0.15, 0.2) is 53.1 Å². The highest BCUT2D eigenvalue weighted by Gasteiger charge is 2.20. The number of pyridine rings is 1. The number of methoxy groups -OCH3 is 1. The molecule has 0 spiro atoms. The molecule has 3 heterocycles. The van der Waals surface area contributed by atoms with Gasteiger partial charge in [0, 0.05) is 25.1 Å². The monoisotopic (exact) mass is 418 g/mol. The van der Waals surface area contributed by atoms with E-state index in [9.17, 15) is 4.79 Å². The molecule has 0 aliphatic rings. The van der Waals surface area contributed by atoms with Crippen molar-refractivity contribution in [2.45, 2.75) is 32.7 Å². The van der Waals surface area contributed by atoms with Crippen molar-refractivity contribution >= 4 is 16.9 Å². The molecular weight excluding hydrogens is 392 g/mol. The highest BCUT2D eigenvalue weighted by atomic mass is 16.5. The highest BCUT2D eigenvalue weighted by molar-refractivity contribution is 6.07. The zero-order valence-corrected chi connectivity index (χ0v) is 18.2. The van der Waals surface area contributed by atoms with Gasteiger partial charge in [-0.2, -0.15) is 5.10 Å². The van der Waals surface area contributed by atoms with Crippen molar-refractivity contribution in [2.24, 2.45) is 7.05 Å². The predicted molar refractivity (Wildman–Crippen MR) is 119 cm³/mol. The van der Waals surface area contributed by atoms with E-state index in [-0.39, 0.29) is 11.9 Å². The standard InChI is InChI=1S/C24H26N4O3/c1-15(10-11-18-9-6-12-31-18)25-24(29)20-14-21(17-7-5-8-19(13-17)30-4)26-23-22(20)16(2)27-28(23)3/h5-9,12-15H,10-11H2,1-4H3,(H,25,29). The minimum atomic E-state index is -0.139. The molecule has 1 amide bonds. The first-order valence-corrected chi connectivity index (χ1v) is 10.3. The van der Waals surface area contributed by atoms with E-state index in [0.717, 1.165) is 41.0 Å².